The van der Waals surface area contributed by atoms with Gasteiger partial charge in [-0.2, -0.15) is 0 Å². The zero-order valence-electron chi connectivity index (χ0n) is 13.9. The number of nitrogens with one attached hydrogen (secondary N) is 2. The first-order valence-corrected chi connectivity index (χ1v) is 8.88. The molecule has 23 heavy (non-hydrogen) atoms. The molecule has 1 rings (SSSR count). The number of carbonyl (C=O) groups is 1. The number of methoxy groups -OCH3 is 2. The Morgan fingerprint density at radius 3 is 2.43 bits per heavy atom. The van der Waals surface area contributed by atoms with E-state index in [0.29, 0.717) is 18.0 Å². The topological polar surface area (TPSA) is 93.7 Å². The molecule has 0 spiro atoms. The van der Waals surface area contributed by atoms with Crippen LogP contribution < -0.4 is 20.1 Å². The van der Waals surface area contributed by atoms with Crippen LogP contribution in [0.25, 0.3) is 0 Å². The van der Waals surface area contributed by atoms with Gasteiger partial charge in [0.05, 0.1) is 24.9 Å². The van der Waals surface area contributed by atoms with Crippen LogP contribution in [0, 0.1) is 0 Å². The third-order valence-corrected chi connectivity index (χ3v) is 5.12. The summed E-state index contributed by atoms with van der Waals surface area (Å²) in [5.74, 6) is 0.227. The van der Waals surface area contributed by atoms with E-state index in [2.05, 4.69) is 10.6 Å². The van der Waals surface area contributed by atoms with Crippen LogP contribution in [0.3, 0.4) is 0 Å². The second-order valence-electron chi connectivity index (χ2n) is 5.08. The smallest absolute Gasteiger partial charge is 0.221 e. The molecule has 1 amide bonds. The molecule has 0 aromatic heterocycles. The maximum Gasteiger partial charge on any atom is 0.221 e. The van der Waals surface area contributed by atoms with E-state index in [4.69, 9.17) is 9.47 Å². The molecule has 0 saturated carbocycles. The first-order valence-electron chi connectivity index (χ1n) is 7.22. The zero-order valence-corrected chi connectivity index (χ0v) is 14.7. The molecule has 1 unspecified atom stereocenters. The number of benzene rings is 1. The van der Waals surface area contributed by atoms with E-state index >= 15 is 0 Å². The van der Waals surface area contributed by atoms with Crippen molar-refractivity contribution in [3.63, 3.8) is 0 Å². The first-order chi connectivity index (χ1) is 10.8. The van der Waals surface area contributed by atoms with Crippen molar-refractivity contribution in [2.75, 3.05) is 33.6 Å². The van der Waals surface area contributed by atoms with Crippen molar-refractivity contribution in [3.8, 4) is 11.5 Å². The number of rotatable bonds is 9. The first kappa shape index (κ1) is 19.2. The minimum absolute atomic E-state index is 0.0902. The van der Waals surface area contributed by atoms with Gasteiger partial charge in [0.25, 0.3) is 0 Å². The summed E-state index contributed by atoms with van der Waals surface area (Å²) in [6, 6.07) is 4.49. The average molecular weight is 344 g/mol. The van der Waals surface area contributed by atoms with Crippen molar-refractivity contribution in [1.29, 1.82) is 0 Å². The SMILES string of the molecule is CNC(C)CNC(=O)CCS(=O)(=O)c1ccc(OC)c(OC)c1. The largest absolute Gasteiger partial charge is 0.493 e. The van der Waals surface area contributed by atoms with Gasteiger partial charge in [-0.15, -0.1) is 0 Å². The van der Waals surface area contributed by atoms with E-state index in [1.54, 1.807) is 7.05 Å². The fourth-order valence-corrected chi connectivity index (χ4v) is 3.06. The van der Waals surface area contributed by atoms with Crippen LogP contribution in [0.1, 0.15) is 13.3 Å². The number of ether oxygens (including phenoxy) is 2. The lowest BCUT2D eigenvalue weighted by atomic mass is 10.3. The Bertz CT molecular complexity index is 631. The lowest BCUT2D eigenvalue weighted by molar-refractivity contribution is -0.120. The van der Waals surface area contributed by atoms with Crippen molar-refractivity contribution < 1.29 is 22.7 Å². The lowest BCUT2D eigenvalue weighted by Gasteiger charge is -2.12. The van der Waals surface area contributed by atoms with Gasteiger partial charge in [-0.3, -0.25) is 4.79 Å². The van der Waals surface area contributed by atoms with Crippen molar-refractivity contribution in [1.82, 2.24) is 10.6 Å². The van der Waals surface area contributed by atoms with Gasteiger partial charge in [0, 0.05) is 25.1 Å². The highest BCUT2D eigenvalue weighted by Crippen LogP contribution is 2.29. The Morgan fingerprint density at radius 2 is 1.87 bits per heavy atom. The zero-order chi connectivity index (χ0) is 17.5. The molecule has 0 saturated heterocycles. The predicted octanol–water partition coefficient (Wildman–Crippen LogP) is 0.592. The molecule has 2 N–H and O–H groups in total. The third kappa shape index (κ3) is 5.72. The fraction of sp³-hybridized carbons (Fsp3) is 0.533. The summed E-state index contributed by atoms with van der Waals surface area (Å²) in [6.07, 6.45) is -0.0902. The maximum absolute atomic E-state index is 12.3. The van der Waals surface area contributed by atoms with Gasteiger partial charge in [0.1, 0.15) is 0 Å². The van der Waals surface area contributed by atoms with Gasteiger partial charge in [0.2, 0.25) is 5.91 Å². The van der Waals surface area contributed by atoms with Crippen LogP contribution in [0.4, 0.5) is 0 Å². The molecule has 0 heterocycles. The van der Waals surface area contributed by atoms with Crippen molar-refractivity contribution >= 4 is 15.7 Å². The van der Waals surface area contributed by atoms with E-state index in [1.165, 1.54) is 32.4 Å². The number of amides is 1. The number of sulfone groups is 1. The van der Waals surface area contributed by atoms with E-state index in [0.717, 1.165) is 0 Å². The highest BCUT2D eigenvalue weighted by Gasteiger charge is 2.19. The van der Waals surface area contributed by atoms with Gasteiger partial charge >= 0.3 is 0 Å². The molecule has 0 fully saturated rings. The summed E-state index contributed by atoms with van der Waals surface area (Å²) in [7, 11) is 1.13. The summed E-state index contributed by atoms with van der Waals surface area (Å²) < 4.78 is 34.8. The molecule has 0 aliphatic heterocycles. The summed E-state index contributed by atoms with van der Waals surface area (Å²) in [4.78, 5) is 11.8. The number of likely N-dealkylation sites (N-methyl/N-ethyl adjacent to an activating group) is 1. The van der Waals surface area contributed by atoms with E-state index in [9.17, 15) is 13.2 Å². The number of carbonyl (C=O) groups excluding carboxylic acids is 1. The molecule has 8 heteroatoms. The van der Waals surface area contributed by atoms with Gasteiger partial charge in [-0.25, -0.2) is 8.42 Å². The maximum atomic E-state index is 12.3. The molecule has 7 nitrogen and oxygen atoms in total. The minimum Gasteiger partial charge on any atom is -0.493 e. The molecule has 1 aromatic rings. The van der Waals surface area contributed by atoms with Gasteiger partial charge < -0.3 is 20.1 Å². The lowest BCUT2D eigenvalue weighted by Crippen LogP contribution is -2.37. The van der Waals surface area contributed by atoms with E-state index < -0.39 is 9.84 Å². The highest BCUT2D eigenvalue weighted by atomic mass is 32.2. The van der Waals surface area contributed by atoms with Crippen LogP contribution in [0.2, 0.25) is 0 Å². The van der Waals surface area contributed by atoms with E-state index in [-0.39, 0.29) is 29.0 Å². The summed E-state index contributed by atoms with van der Waals surface area (Å²) in [5, 5.41) is 5.67. The molecular weight excluding hydrogens is 320 g/mol. The molecule has 0 radical (unpaired) electrons. The monoisotopic (exact) mass is 344 g/mol. The Hall–Kier alpha value is -1.80. The third-order valence-electron chi connectivity index (χ3n) is 3.41. The predicted molar refractivity (Wildman–Crippen MR) is 87.7 cm³/mol. The molecular formula is C15H24N2O5S. The Labute approximate surface area is 137 Å². The quantitative estimate of drug-likeness (QED) is 0.681. The van der Waals surface area contributed by atoms with Crippen LogP contribution in [0.15, 0.2) is 23.1 Å². The van der Waals surface area contributed by atoms with Crippen molar-refractivity contribution in [3.05, 3.63) is 18.2 Å². The average Bonchev–Trinajstić information content (AvgIpc) is 2.56. The van der Waals surface area contributed by atoms with Gasteiger partial charge in [-0.1, -0.05) is 0 Å². The van der Waals surface area contributed by atoms with Crippen LogP contribution in [-0.2, 0) is 14.6 Å². The second kappa shape index (κ2) is 8.73. The van der Waals surface area contributed by atoms with Gasteiger partial charge in [0.15, 0.2) is 21.3 Å². The molecule has 0 bridgehead atoms. The number of hydrogen-bond donors (Lipinski definition) is 2. The Morgan fingerprint density at radius 1 is 1.22 bits per heavy atom. The molecule has 130 valence electrons. The summed E-state index contributed by atoms with van der Waals surface area (Å²) in [5.41, 5.74) is 0. The van der Waals surface area contributed by atoms with E-state index in [1.807, 2.05) is 6.92 Å². The second-order valence-corrected chi connectivity index (χ2v) is 7.19. The van der Waals surface area contributed by atoms with Crippen molar-refractivity contribution in [2.45, 2.75) is 24.3 Å². The molecule has 1 aromatic carbocycles. The van der Waals surface area contributed by atoms with Crippen LogP contribution in [-0.4, -0.2) is 53.9 Å². The number of hydrogen-bond acceptors (Lipinski definition) is 6. The molecule has 1 atom stereocenters. The minimum atomic E-state index is -3.57. The normalized spacial score (nSPS) is 12.5. The molecule has 0 aliphatic rings. The van der Waals surface area contributed by atoms with Gasteiger partial charge in [-0.05, 0) is 26.1 Å². The highest BCUT2D eigenvalue weighted by molar-refractivity contribution is 7.91. The summed E-state index contributed by atoms with van der Waals surface area (Å²) >= 11 is 0. The van der Waals surface area contributed by atoms with Crippen molar-refractivity contribution in [2.24, 2.45) is 0 Å². The summed E-state index contributed by atoms with van der Waals surface area (Å²) in [6.45, 7) is 2.37. The Kier molecular flexibility index (Phi) is 7.31. The standard InChI is InChI=1S/C15H24N2O5S/c1-11(16-2)10-17-15(18)7-8-23(19,20)12-5-6-13(21-3)14(9-12)22-4/h5-6,9,11,16H,7-8,10H2,1-4H3,(H,17,18). The molecule has 0 aliphatic carbocycles. The van der Waals surface area contributed by atoms with Crippen LogP contribution in [0.5, 0.6) is 11.5 Å². The van der Waals surface area contributed by atoms with Crippen LogP contribution >= 0.6 is 0 Å². The fourth-order valence-electron chi connectivity index (χ4n) is 1.81. The Balaban J connectivity index is 2.71.